The molecule has 1 fully saturated rings. The van der Waals surface area contributed by atoms with E-state index in [1.807, 2.05) is 0 Å². The molecule has 0 amide bonds. The Morgan fingerprint density at radius 2 is 2.33 bits per heavy atom. The third-order valence-electron chi connectivity index (χ3n) is 3.17. The molecule has 3 nitrogen and oxygen atoms in total. The van der Waals surface area contributed by atoms with Crippen molar-refractivity contribution in [3.05, 3.63) is 0 Å². The summed E-state index contributed by atoms with van der Waals surface area (Å²) in [5, 5.41) is 3.55. The van der Waals surface area contributed by atoms with Gasteiger partial charge in [-0.1, -0.05) is 0 Å². The van der Waals surface area contributed by atoms with E-state index in [0.717, 1.165) is 18.9 Å². The summed E-state index contributed by atoms with van der Waals surface area (Å²) < 4.78 is 0. The van der Waals surface area contributed by atoms with Gasteiger partial charge < -0.3 is 16.0 Å². The van der Waals surface area contributed by atoms with Crippen molar-refractivity contribution in [3.63, 3.8) is 0 Å². The lowest BCUT2D eigenvalue weighted by Crippen LogP contribution is -2.37. The van der Waals surface area contributed by atoms with Crippen LogP contribution in [0.3, 0.4) is 0 Å². The number of nitrogens with two attached hydrogens (primary N) is 1. The van der Waals surface area contributed by atoms with Crippen LogP contribution >= 0.6 is 0 Å². The third kappa shape index (κ3) is 6.13. The van der Waals surface area contributed by atoms with E-state index in [-0.39, 0.29) is 0 Å². The van der Waals surface area contributed by atoms with Crippen LogP contribution in [0, 0.1) is 5.92 Å². The highest BCUT2D eigenvalue weighted by Crippen LogP contribution is 2.13. The topological polar surface area (TPSA) is 41.3 Å². The van der Waals surface area contributed by atoms with Crippen molar-refractivity contribution in [2.45, 2.75) is 38.6 Å². The van der Waals surface area contributed by atoms with Crippen LogP contribution in [0.1, 0.15) is 32.6 Å². The average molecular weight is 213 g/mol. The summed E-state index contributed by atoms with van der Waals surface area (Å²) in [5.41, 5.74) is 5.70. The Hall–Kier alpha value is -0.120. The van der Waals surface area contributed by atoms with Gasteiger partial charge in [0.05, 0.1) is 0 Å². The monoisotopic (exact) mass is 213 g/mol. The van der Waals surface area contributed by atoms with Gasteiger partial charge in [0, 0.05) is 12.6 Å². The van der Waals surface area contributed by atoms with Crippen molar-refractivity contribution in [2.24, 2.45) is 11.7 Å². The Morgan fingerprint density at radius 3 is 3.00 bits per heavy atom. The van der Waals surface area contributed by atoms with Gasteiger partial charge in [-0.3, -0.25) is 0 Å². The van der Waals surface area contributed by atoms with Crippen LogP contribution in [-0.2, 0) is 0 Å². The van der Waals surface area contributed by atoms with Crippen LogP contribution in [0.25, 0.3) is 0 Å². The normalized spacial score (nSPS) is 25.4. The predicted molar refractivity (Wildman–Crippen MR) is 66.0 cm³/mol. The minimum atomic E-state index is 0.354. The highest BCUT2D eigenvalue weighted by molar-refractivity contribution is 4.72. The Kier molecular flexibility index (Phi) is 6.22. The number of nitrogens with zero attached hydrogens (tertiary/aromatic N) is 1. The van der Waals surface area contributed by atoms with Crippen molar-refractivity contribution in [3.8, 4) is 0 Å². The SMILES string of the molecule is CC(N)CCCNCC1CCCN(C)C1. The second kappa shape index (κ2) is 7.20. The molecule has 1 heterocycles. The Bertz CT molecular complexity index is 159. The first-order valence-corrected chi connectivity index (χ1v) is 6.33. The molecule has 0 aliphatic carbocycles. The lowest BCUT2D eigenvalue weighted by atomic mass is 9.98. The molecule has 15 heavy (non-hydrogen) atoms. The van der Waals surface area contributed by atoms with E-state index < -0.39 is 0 Å². The second-order valence-electron chi connectivity index (χ2n) is 5.09. The largest absolute Gasteiger partial charge is 0.328 e. The van der Waals surface area contributed by atoms with Crippen LogP contribution in [0.2, 0.25) is 0 Å². The van der Waals surface area contributed by atoms with Gasteiger partial charge in [-0.05, 0) is 65.2 Å². The van der Waals surface area contributed by atoms with Gasteiger partial charge in [0.1, 0.15) is 0 Å². The fourth-order valence-electron chi connectivity index (χ4n) is 2.30. The van der Waals surface area contributed by atoms with Crippen LogP contribution < -0.4 is 11.1 Å². The molecule has 1 saturated heterocycles. The average Bonchev–Trinajstić information content (AvgIpc) is 2.17. The van der Waals surface area contributed by atoms with E-state index in [2.05, 4.69) is 24.2 Å². The van der Waals surface area contributed by atoms with Crippen LogP contribution in [0.15, 0.2) is 0 Å². The summed E-state index contributed by atoms with van der Waals surface area (Å²) in [6, 6.07) is 0.354. The summed E-state index contributed by atoms with van der Waals surface area (Å²) in [5.74, 6) is 0.860. The van der Waals surface area contributed by atoms with Gasteiger partial charge in [0.15, 0.2) is 0 Å². The molecular formula is C12H27N3. The molecule has 0 bridgehead atoms. The number of rotatable bonds is 6. The minimum absolute atomic E-state index is 0.354. The van der Waals surface area contributed by atoms with Gasteiger partial charge in [-0.2, -0.15) is 0 Å². The third-order valence-corrected chi connectivity index (χ3v) is 3.17. The molecule has 0 radical (unpaired) electrons. The van der Waals surface area contributed by atoms with E-state index in [9.17, 15) is 0 Å². The first-order valence-electron chi connectivity index (χ1n) is 6.33. The minimum Gasteiger partial charge on any atom is -0.328 e. The first-order chi connectivity index (χ1) is 7.18. The van der Waals surface area contributed by atoms with Crippen molar-refractivity contribution >= 4 is 0 Å². The summed E-state index contributed by atoms with van der Waals surface area (Å²) in [7, 11) is 2.22. The maximum absolute atomic E-state index is 5.70. The lowest BCUT2D eigenvalue weighted by Gasteiger charge is -2.29. The maximum Gasteiger partial charge on any atom is 0.00187 e. The number of piperidine rings is 1. The molecule has 0 aromatic heterocycles. The zero-order valence-electron chi connectivity index (χ0n) is 10.3. The zero-order chi connectivity index (χ0) is 11.1. The second-order valence-corrected chi connectivity index (χ2v) is 5.09. The quantitative estimate of drug-likeness (QED) is 0.648. The molecule has 1 rings (SSSR count). The molecule has 90 valence electrons. The van der Waals surface area contributed by atoms with Crippen molar-refractivity contribution in [2.75, 3.05) is 33.2 Å². The Balaban J connectivity index is 1.95. The molecule has 1 aliphatic heterocycles. The maximum atomic E-state index is 5.70. The summed E-state index contributed by atoms with van der Waals surface area (Å²) in [6.45, 7) is 6.93. The molecule has 0 aromatic carbocycles. The van der Waals surface area contributed by atoms with Crippen LogP contribution in [0.4, 0.5) is 0 Å². The molecule has 0 aromatic rings. The first kappa shape index (κ1) is 12.9. The highest BCUT2D eigenvalue weighted by Gasteiger charge is 2.16. The molecule has 3 N–H and O–H groups in total. The van der Waals surface area contributed by atoms with Crippen LogP contribution in [0.5, 0.6) is 0 Å². The molecule has 2 unspecified atom stereocenters. The standard InChI is InChI=1S/C12H27N3/c1-11(13)5-3-7-14-9-12-6-4-8-15(2)10-12/h11-12,14H,3-10,13H2,1-2H3. The molecule has 3 heteroatoms. The molecular weight excluding hydrogens is 186 g/mol. The lowest BCUT2D eigenvalue weighted by molar-refractivity contribution is 0.206. The summed E-state index contributed by atoms with van der Waals surface area (Å²) in [6.07, 6.45) is 5.10. The van der Waals surface area contributed by atoms with Gasteiger partial charge >= 0.3 is 0 Å². The Morgan fingerprint density at radius 1 is 1.53 bits per heavy atom. The predicted octanol–water partition coefficient (Wildman–Crippen LogP) is 1.05. The number of likely N-dealkylation sites (tertiary alicyclic amines) is 1. The van der Waals surface area contributed by atoms with E-state index in [0.29, 0.717) is 6.04 Å². The van der Waals surface area contributed by atoms with E-state index >= 15 is 0 Å². The van der Waals surface area contributed by atoms with E-state index in [1.165, 1.54) is 38.9 Å². The fourth-order valence-corrected chi connectivity index (χ4v) is 2.30. The van der Waals surface area contributed by atoms with Crippen molar-refractivity contribution in [1.29, 1.82) is 0 Å². The number of hydrogen-bond acceptors (Lipinski definition) is 3. The van der Waals surface area contributed by atoms with Gasteiger partial charge in [0.2, 0.25) is 0 Å². The number of nitrogens with one attached hydrogen (secondary N) is 1. The molecule has 0 spiro atoms. The zero-order valence-corrected chi connectivity index (χ0v) is 10.3. The highest BCUT2D eigenvalue weighted by atomic mass is 15.1. The van der Waals surface area contributed by atoms with Crippen molar-refractivity contribution < 1.29 is 0 Å². The molecule has 2 atom stereocenters. The van der Waals surface area contributed by atoms with Gasteiger partial charge in [-0.15, -0.1) is 0 Å². The van der Waals surface area contributed by atoms with Gasteiger partial charge in [-0.25, -0.2) is 0 Å². The molecule has 1 aliphatic rings. The smallest absolute Gasteiger partial charge is 0.00187 e. The van der Waals surface area contributed by atoms with Crippen molar-refractivity contribution in [1.82, 2.24) is 10.2 Å². The number of hydrogen-bond donors (Lipinski definition) is 2. The summed E-state index contributed by atoms with van der Waals surface area (Å²) in [4.78, 5) is 2.44. The van der Waals surface area contributed by atoms with E-state index in [4.69, 9.17) is 5.73 Å². The van der Waals surface area contributed by atoms with E-state index in [1.54, 1.807) is 0 Å². The van der Waals surface area contributed by atoms with Gasteiger partial charge in [0.25, 0.3) is 0 Å². The molecule has 0 saturated carbocycles. The fraction of sp³-hybridized carbons (Fsp3) is 1.00. The Labute approximate surface area is 94.4 Å². The summed E-state index contributed by atoms with van der Waals surface area (Å²) >= 11 is 0. The van der Waals surface area contributed by atoms with Crippen LogP contribution in [-0.4, -0.2) is 44.2 Å².